The van der Waals surface area contributed by atoms with Crippen LogP contribution >= 0.6 is 23.2 Å². The SMILES string of the molecule is CCCCCCCCCCC(CCl)Cc1cccc(Cl)c1. The van der Waals surface area contributed by atoms with E-state index in [-0.39, 0.29) is 0 Å². The summed E-state index contributed by atoms with van der Waals surface area (Å²) in [6.45, 7) is 2.27. The molecule has 21 heavy (non-hydrogen) atoms. The van der Waals surface area contributed by atoms with Crippen molar-refractivity contribution in [2.75, 3.05) is 5.88 Å². The summed E-state index contributed by atoms with van der Waals surface area (Å²) < 4.78 is 0. The van der Waals surface area contributed by atoms with E-state index in [1.807, 2.05) is 12.1 Å². The van der Waals surface area contributed by atoms with E-state index >= 15 is 0 Å². The van der Waals surface area contributed by atoms with Crippen molar-refractivity contribution in [2.24, 2.45) is 5.92 Å². The first-order valence-electron chi connectivity index (χ1n) is 8.56. The molecule has 0 saturated heterocycles. The van der Waals surface area contributed by atoms with E-state index in [0.717, 1.165) is 17.3 Å². The van der Waals surface area contributed by atoms with Crippen LogP contribution in [-0.4, -0.2) is 5.88 Å². The summed E-state index contributed by atoms with van der Waals surface area (Å²) in [4.78, 5) is 0. The number of halogens is 2. The van der Waals surface area contributed by atoms with Crippen molar-refractivity contribution in [3.8, 4) is 0 Å². The lowest BCUT2D eigenvalue weighted by Crippen LogP contribution is -2.06. The second-order valence-electron chi connectivity index (χ2n) is 6.12. The molecule has 0 saturated carbocycles. The zero-order valence-corrected chi connectivity index (χ0v) is 14.9. The Hall–Kier alpha value is -0.200. The molecule has 0 aliphatic rings. The lowest BCUT2D eigenvalue weighted by atomic mass is 9.95. The minimum absolute atomic E-state index is 0.588. The first-order chi connectivity index (χ1) is 10.3. The molecule has 0 fully saturated rings. The summed E-state index contributed by atoms with van der Waals surface area (Å²) >= 11 is 12.2. The van der Waals surface area contributed by atoms with Gasteiger partial charge in [-0.25, -0.2) is 0 Å². The first kappa shape index (κ1) is 18.8. The highest BCUT2D eigenvalue weighted by atomic mass is 35.5. The van der Waals surface area contributed by atoms with E-state index in [4.69, 9.17) is 23.2 Å². The minimum Gasteiger partial charge on any atom is -0.126 e. The highest BCUT2D eigenvalue weighted by molar-refractivity contribution is 6.30. The van der Waals surface area contributed by atoms with Gasteiger partial charge < -0.3 is 0 Å². The van der Waals surface area contributed by atoms with Crippen molar-refractivity contribution in [2.45, 2.75) is 71.1 Å². The summed E-state index contributed by atoms with van der Waals surface area (Å²) in [5.74, 6) is 1.34. The fourth-order valence-corrected chi connectivity index (χ4v) is 3.27. The van der Waals surface area contributed by atoms with Crippen LogP contribution in [0.5, 0.6) is 0 Å². The molecule has 0 N–H and O–H groups in total. The fourth-order valence-electron chi connectivity index (χ4n) is 2.80. The van der Waals surface area contributed by atoms with E-state index in [1.54, 1.807) is 0 Å². The molecule has 1 rings (SSSR count). The van der Waals surface area contributed by atoms with Crippen molar-refractivity contribution >= 4 is 23.2 Å². The molecule has 2 heteroatoms. The molecule has 0 spiro atoms. The number of rotatable bonds is 12. The molecule has 1 atom stereocenters. The van der Waals surface area contributed by atoms with Crippen molar-refractivity contribution in [3.63, 3.8) is 0 Å². The Bertz CT molecular complexity index is 362. The maximum atomic E-state index is 6.12. The van der Waals surface area contributed by atoms with Crippen LogP contribution in [0.15, 0.2) is 24.3 Å². The predicted octanol–water partition coefficient (Wildman–Crippen LogP) is 7.27. The van der Waals surface area contributed by atoms with Gasteiger partial charge in [-0.05, 0) is 36.5 Å². The molecule has 1 aromatic rings. The Balaban J connectivity index is 2.11. The number of alkyl halides is 1. The molecule has 0 aliphatic carbocycles. The van der Waals surface area contributed by atoms with Crippen molar-refractivity contribution in [1.82, 2.24) is 0 Å². The third-order valence-corrected chi connectivity index (χ3v) is 4.77. The van der Waals surface area contributed by atoms with Crippen LogP contribution < -0.4 is 0 Å². The highest BCUT2D eigenvalue weighted by Crippen LogP contribution is 2.20. The summed E-state index contributed by atoms with van der Waals surface area (Å²) in [7, 11) is 0. The van der Waals surface area contributed by atoms with E-state index in [0.29, 0.717) is 5.92 Å². The van der Waals surface area contributed by atoms with Crippen LogP contribution in [0.3, 0.4) is 0 Å². The molecule has 0 heterocycles. The Morgan fingerprint density at radius 3 is 2.24 bits per heavy atom. The number of hydrogen-bond donors (Lipinski definition) is 0. The molecule has 1 unspecified atom stereocenters. The smallest absolute Gasteiger partial charge is 0.0408 e. The van der Waals surface area contributed by atoms with Gasteiger partial charge in [0, 0.05) is 10.9 Å². The maximum absolute atomic E-state index is 6.12. The topological polar surface area (TPSA) is 0 Å². The van der Waals surface area contributed by atoms with Crippen LogP contribution in [0, 0.1) is 5.92 Å². The van der Waals surface area contributed by atoms with Crippen LogP contribution in [-0.2, 0) is 6.42 Å². The van der Waals surface area contributed by atoms with Gasteiger partial charge in [0.05, 0.1) is 0 Å². The Kier molecular flexibility index (Phi) is 11.1. The Labute approximate surface area is 141 Å². The quantitative estimate of drug-likeness (QED) is 0.279. The third kappa shape index (κ3) is 9.42. The second kappa shape index (κ2) is 12.4. The van der Waals surface area contributed by atoms with Crippen LogP contribution in [0.4, 0.5) is 0 Å². The van der Waals surface area contributed by atoms with Gasteiger partial charge in [-0.1, -0.05) is 82.0 Å². The average Bonchev–Trinajstić information content (AvgIpc) is 2.48. The van der Waals surface area contributed by atoms with Crippen molar-refractivity contribution in [3.05, 3.63) is 34.9 Å². The molecule has 120 valence electrons. The molecular weight excluding hydrogens is 299 g/mol. The highest BCUT2D eigenvalue weighted by Gasteiger charge is 2.08. The van der Waals surface area contributed by atoms with Crippen LogP contribution in [0.25, 0.3) is 0 Å². The van der Waals surface area contributed by atoms with Crippen LogP contribution in [0.1, 0.15) is 70.3 Å². The van der Waals surface area contributed by atoms with Gasteiger partial charge in [0.2, 0.25) is 0 Å². The summed E-state index contributed by atoms with van der Waals surface area (Å²) in [6, 6.07) is 8.17. The lowest BCUT2D eigenvalue weighted by Gasteiger charge is -2.14. The van der Waals surface area contributed by atoms with Gasteiger partial charge >= 0.3 is 0 Å². The summed E-state index contributed by atoms with van der Waals surface area (Å²) in [6.07, 6.45) is 13.3. The first-order valence-corrected chi connectivity index (χ1v) is 9.48. The van der Waals surface area contributed by atoms with Gasteiger partial charge in [-0.2, -0.15) is 0 Å². The van der Waals surface area contributed by atoms with E-state index in [1.165, 1.54) is 63.4 Å². The van der Waals surface area contributed by atoms with Gasteiger partial charge in [-0.15, -0.1) is 11.6 Å². The van der Waals surface area contributed by atoms with Crippen molar-refractivity contribution < 1.29 is 0 Å². The second-order valence-corrected chi connectivity index (χ2v) is 6.86. The fraction of sp³-hybridized carbons (Fsp3) is 0.684. The molecule has 0 nitrogen and oxygen atoms in total. The monoisotopic (exact) mass is 328 g/mol. The zero-order valence-electron chi connectivity index (χ0n) is 13.4. The van der Waals surface area contributed by atoms with E-state index in [2.05, 4.69) is 19.1 Å². The van der Waals surface area contributed by atoms with Crippen molar-refractivity contribution in [1.29, 1.82) is 0 Å². The summed E-state index contributed by atoms with van der Waals surface area (Å²) in [5, 5.41) is 0.827. The predicted molar refractivity (Wildman–Crippen MR) is 96.6 cm³/mol. The largest absolute Gasteiger partial charge is 0.126 e. The molecule has 1 aromatic carbocycles. The van der Waals surface area contributed by atoms with E-state index in [9.17, 15) is 0 Å². The minimum atomic E-state index is 0.588. The molecule has 0 aromatic heterocycles. The molecule has 0 amide bonds. The summed E-state index contributed by atoms with van der Waals surface area (Å²) in [5.41, 5.74) is 1.31. The normalized spacial score (nSPS) is 12.5. The molecule has 0 aliphatic heterocycles. The Morgan fingerprint density at radius 1 is 0.952 bits per heavy atom. The average molecular weight is 329 g/mol. The van der Waals surface area contributed by atoms with Gasteiger partial charge in [0.1, 0.15) is 0 Å². The van der Waals surface area contributed by atoms with E-state index < -0.39 is 0 Å². The molecular formula is C19H30Cl2. The van der Waals surface area contributed by atoms with Gasteiger partial charge in [0.15, 0.2) is 0 Å². The lowest BCUT2D eigenvalue weighted by molar-refractivity contribution is 0.482. The standard InChI is InChI=1S/C19H30Cl2/c1-2-3-4-5-6-7-8-9-11-18(16-20)14-17-12-10-13-19(21)15-17/h10,12-13,15,18H,2-9,11,14,16H2,1H3. The van der Waals surface area contributed by atoms with Gasteiger partial charge in [0.25, 0.3) is 0 Å². The Morgan fingerprint density at radius 2 is 1.62 bits per heavy atom. The van der Waals surface area contributed by atoms with Crippen LogP contribution in [0.2, 0.25) is 5.02 Å². The number of unbranched alkanes of at least 4 members (excludes halogenated alkanes) is 7. The molecule has 0 bridgehead atoms. The maximum Gasteiger partial charge on any atom is 0.0408 e. The zero-order chi connectivity index (χ0) is 15.3. The van der Waals surface area contributed by atoms with Gasteiger partial charge in [-0.3, -0.25) is 0 Å². The molecule has 0 radical (unpaired) electrons. The number of hydrogen-bond acceptors (Lipinski definition) is 0. The third-order valence-electron chi connectivity index (χ3n) is 4.10. The number of benzene rings is 1.